The molecule has 3 aromatic carbocycles. The summed E-state index contributed by atoms with van der Waals surface area (Å²) in [6, 6.07) is 24.2. The lowest BCUT2D eigenvalue weighted by atomic mass is 10.00. The molecule has 1 aliphatic heterocycles. The zero-order chi connectivity index (χ0) is 23.1. The molecule has 0 spiro atoms. The average molecular weight is 445 g/mol. The molecule has 0 atom stereocenters. The molecule has 3 heterocycles. The maximum Gasteiger partial charge on any atom is 0.365 e. The summed E-state index contributed by atoms with van der Waals surface area (Å²) < 4.78 is 2.25. The number of carbonyl (C=O) groups excluding carboxylic acids is 2. The van der Waals surface area contributed by atoms with Crippen molar-refractivity contribution in [3.8, 4) is 0 Å². The summed E-state index contributed by atoms with van der Waals surface area (Å²) in [6.45, 7) is 0.703. The van der Waals surface area contributed by atoms with E-state index in [1.807, 2.05) is 36.4 Å². The van der Waals surface area contributed by atoms with Gasteiger partial charge in [-0.05, 0) is 42.5 Å². The number of hydrogen-bond donors (Lipinski definition) is 0. The minimum absolute atomic E-state index is 0.0583. The van der Waals surface area contributed by atoms with Crippen LogP contribution in [-0.2, 0) is 11.4 Å². The summed E-state index contributed by atoms with van der Waals surface area (Å²) in [6.07, 6.45) is 3.87. The van der Waals surface area contributed by atoms with Crippen LogP contribution in [0.1, 0.15) is 38.3 Å². The van der Waals surface area contributed by atoms with Crippen LogP contribution in [0.25, 0.3) is 21.8 Å². The highest BCUT2D eigenvalue weighted by atomic mass is 16.7. The third-order valence-electron chi connectivity index (χ3n) is 6.20. The zero-order valence-electron chi connectivity index (χ0n) is 18.1. The first-order chi connectivity index (χ1) is 16.7. The fourth-order valence-corrected chi connectivity index (χ4v) is 4.60. The van der Waals surface area contributed by atoms with Crippen molar-refractivity contribution < 1.29 is 14.4 Å². The number of aromatic nitrogens is 2. The molecule has 0 fully saturated rings. The van der Waals surface area contributed by atoms with Crippen molar-refractivity contribution >= 4 is 39.3 Å². The van der Waals surface area contributed by atoms with Crippen LogP contribution in [0.2, 0.25) is 0 Å². The highest BCUT2D eigenvalue weighted by molar-refractivity contribution is 6.20. The molecular formula is C28H19N3O3. The Bertz CT molecular complexity index is 1600. The van der Waals surface area contributed by atoms with Gasteiger partial charge < -0.3 is 9.40 Å². The molecule has 0 bridgehead atoms. The van der Waals surface area contributed by atoms with Gasteiger partial charge in [-0.1, -0.05) is 41.6 Å². The van der Waals surface area contributed by atoms with E-state index in [0.717, 1.165) is 33.1 Å². The second-order valence-corrected chi connectivity index (χ2v) is 8.19. The second-order valence-electron chi connectivity index (χ2n) is 8.19. The van der Waals surface area contributed by atoms with Gasteiger partial charge >= 0.3 is 5.97 Å². The van der Waals surface area contributed by atoms with E-state index in [9.17, 15) is 9.59 Å². The molecule has 2 aromatic heterocycles. The van der Waals surface area contributed by atoms with Crippen molar-refractivity contribution in [2.75, 3.05) is 0 Å². The number of para-hydroxylation sites is 1. The number of carbonyl (C=O) groups is 2. The number of fused-ring (bicyclic) bond motifs is 3. The van der Waals surface area contributed by atoms with Crippen LogP contribution in [0, 0.1) is 0 Å². The maximum atomic E-state index is 13.0. The van der Waals surface area contributed by atoms with Crippen molar-refractivity contribution in [2.45, 2.75) is 13.0 Å². The molecule has 0 radical (unpaired) electrons. The maximum absolute atomic E-state index is 13.0. The number of nitrogens with zero attached hydrogens (tertiary/aromatic N) is 3. The van der Waals surface area contributed by atoms with Gasteiger partial charge in [-0.3, -0.25) is 9.78 Å². The van der Waals surface area contributed by atoms with E-state index in [1.54, 1.807) is 48.8 Å². The Morgan fingerprint density at radius 2 is 1.71 bits per heavy atom. The molecule has 0 N–H and O–H groups in total. The Kier molecular flexibility index (Phi) is 4.77. The van der Waals surface area contributed by atoms with Crippen LogP contribution in [0.4, 0.5) is 0 Å². The van der Waals surface area contributed by atoms with Crippen molar-refractivity contribution in [1.29, 1.82) is 0 Å². The summed E-state index contributed by atoms with van der Waals surface area (Å²) in [7, 11) is 0. The molecule has 0 saturated heterocycles. The molecule has 0 aliphatic carbocycles. The van der Waals surface area contributed by atoms with E-state index in [2.05, 4.69) is 20.8 Å². The lowest BCUT2D eigenvalue weighted by Crippen LogP contribution is -2.16. The molecule has 0 unspecified atom stereocenters. The predicted octanol–water partition coefficient (Wildman–Crippen LogP) is 5.39. The summed E-state index contributed by atoms with van der Waals surface area (Å²) in [5, 5.41) is 6.28. The molecular weight excluding hydrogens is 426 g/mol. The highest BCUT2D eigenvalue weighted by Gasteiger charge is 2.23. The molecule has 1 aliphatic rings. The first-order valence-electron chi connectivity index (χ1n) is 11.0. The number of rotatable bonds is 4. The van der Waals surface area contributed by atoms with E-state index < -0.39 is 5.97 Å². The molecule has 5 aromatic rings. The lowest BCUT2D eigenvalue weighted by molar-refractivity contribution is 0.0515. The van der Waals surface area contributed by atoms with E-state index in [-0.39, 0.29) is 5.78 Å². The van der Waals surface area contributed by atoms with Crippen molar-refractivity contribution in [1.82, 2.24) is 9.55 Å². The van der Waals surface area contributed by atoms with Gasteiger partial charge in [-0.25, -0.2) is 4.79 Å². The third-order valence-corrected chi connectivity index (χ3v) is 6.20. The first-order valence-corrected chi connectivity index (χ1v) is 11.0. The van der Waals surface area contributed by atoms with Gasteiger partial charge in [-0.15, -0.1) is 0 Å². The topological polar surface area (TPSA) is 73.5 Å². The van der Waals surface area contributed by atoms with Gasteiger partial charge in [0.2, 0.25) is 0 Å². The molecule has 6 rings (SSSR count). The quantitative estimate of drug-likeness (QED) is 0.211. The van der Waals surface area contributed by atoms with Gasteiger partial charge in [-0.2, -0.15) is 0 Å². The van der Waals surface area contributed by atoms with Crippen molar-refractivity contribution in [3.05, 3.63) is 114 Å². The normalized spacial score (nSPS) is 13.9. The zero-order valence-corrected chi connectivity index (χ0v) is 18.1. The number of aryl methyl sites for hydroxylation is 1. The SMILES string of the molecule is O=C(O/N=C1\CCn2c3ccc(C(=O)c4cccnc4)cc3c3cccc1c32)c1ccccc1. The summed E-state index contributed by atoms with van der Waals surface area (Å²) in [5.74, 6) is -0.540. The molecule has 164 valence electrons. The largest absolute Gasteiger partial charge is 0.365 e. The third kappa shape index (κ3) is 3.28. The van der Waals surface area contributed by atoms with Gasteiger partial charge in [0.05, 0.1) is 16.8 Å². The van der Waals surface area contributed by atoms with Crippen LogP contribution in [0.5, 0.6) is 0 Å². The average Bonchev–Trinajstić information content (AvgIpc) is 3.23. The van der Waals surface area contributed by atoms with E-state index in [0.29, 0.717) is 29.7 Å². The number of ketones is 1. The standard InChI is InChI=1S/C28H19N3O3/c32-27(20-8-5-14-29-17-20)19-11-12-25-23(16-19)21-9-4-10-22-24(13-15-31(25)26(21)22)30-34-28(33)18-6-2-1-3-7-18/h1-12,14,16-17H,13,15H2/b30-24+. The first kappa shape index (κ1) is 20.1. The minimum atomic E-state index is -0.482. The molecule has 6 nitrogen and oxygen atoms in total. The van der Waals surface area contributed by atoms with E-state index in [4.69, 9.17) is 4.84 Å². The van der Waals surface area contributed by atoms with Crippen LogP contribution >= 0.6 is 0 Å². The van der Waals surface area contributed by atoms with E-state index in [1.165, 1.54) is 0 Å². The fourth-order valence-electron chi connectivity index (χ4n) is 4.60. The molecule has 6 heteroatoms. The Labute approximate surface area is 195 Å². The number of hydrogen-bond acceptors (Lipinski definition) is 5. The fraction of sp³-hybridized carbons (Fsp3) is 0.0714. The van der Waals surface area contributed by atoms with Crippen LogP contribution < -0.4 is 0 Å². The summed E-state index contributed by atoms with van der Waals surface area (Å²) in [4.78, 5) is 34.7. The Balaban J connectivity index is 1.42. The Morgan fingerprint density at radius 3 is 2.53 bits per heavy atom. The predicted molar refractivity (Wildman–Crippen MR) is 130 cm³/mol. The number of benzene rings is 3. The summed E-state index contributed by atoms with van der Waals surface area (Å²) in [5.41, 5.74) is 5.40. The van der Waals surface area contributed by atoms with Gasteiger partial charge in [0.1, 0.15) is 0 Å². The van der Waals surface area contributed by atoms with Gasteiger partial charge in [0, 0.05) is 58.3 Å². The van der Waals surface area contributed by atoms with Crippen LogP contribution in [0.3, 0.4) is 0 Å². The van der Waals surface area contributed by atoms with Gasteiger partial charge in [0.15, 0.2) is 5.78 Å². The van der Waals surface area contributed by atoms with Crippen molar-refractivity contribution in [2.24, 2.45) is 5.16 Å². The summed E-state index contributed by atoms with van der Waals surface area (Å²) >= 11 is 0. The molecule has 34 heavy (non-hydrogen) atoms. The molecule has 0 saturated carbocycles. The van der Waals surface area contributed by atoms with Crippen molar-refractivity contribution in [3.63, 3.8) is 0 Å². The lowest BCUT2D eigenvalue weighted by Gasteiger charge is -2.18. The molecule has 0 amide bonds. The second kappa shape index (κ2) is 8.08. The monoisotopic (exact) mass is 445 g/mol. The van der Waals surface area contributed by atoms with Crippen LogP contribution in [-0.4, -0.2) is 27.0 Å². The van der Waals surface area contributed by atoms with Gasteiger partial charge in [0.25, 0.3) is 0 Å². The number of pyridine rings is 1. The number of oxime groups is 1. The Morgan fingerprint density at radius 1 is 0.853 bits per heavy atom. The van der Waals surface area contributed by atoms with E-state index >= 15 is 0 Å². The smallest absolute Gasteiger partial charge is 0.340 e. The highest BCUT2D eigenvalue weighted by Crippen LogP contribution is 2.35. The minimum Gasteiger partial charge on any atom is -0.340 e. The Hall–Kier alpha value is -4.58. The van der Waals surface area contributed by atoms with Crippen LogP contribution in [0.15, 0.2) is 96.4 Å².